The Kier molecular flexibility index (Phi) is 4.93. The minimum atomic E-state index is -1.62. The molecule has 0 aliphatic carbocycles. The summed E-state index contributed by atoms with van der Waals surface area (Å²) >= 11 is -1.62. The SMILES string of the molecule is CCCC(C)(C)CCS(=O)O. The molecule has 0 fully saturated rings. The van der Waals surface area contributed by atoms with Crippen LogP contribution < -0.4 is 0 Å². The first kappa shape index (κ1) is 11.1. The second-order valence-electron chi connectivity index (χ2n) is 3.69. The van der Waals surface area contributed by atoms with E-state index in [2.05, 4.69) is 20.8 Å². The van der Waals surface area contributed by atoms with Crippen molar-refractivity contribution in [1.82, 2.24) is 0 Å². The minimum Gasteiger partial charge on any atom is -0.306 e. The molecular weight excluding hydrogens is 160 g/mol. The highest BCUT2D eigenvalue weighted by atomic mass is 32.2. The average Bonchev–Trinajstić information content (AvgIpc) is 1.84. The van der Waals surface area contributed by atoms with Gasteiger partial charge in [0.15, 0.2) is 11.1 Å². The van der Waals surface area contributed by atoms with E-state index in [1.165, 1.54) is 0 Å². The normalized spacial score (nSPS) is 14.9. The van der Waals surface area contributed by atoms with Crippen LogP contribution in [0.3, 0.4) is 0 Å². The summed E-state index contributed by atoms with van der Waals surface area (Å²) in [5.74, 6) is 0.410. The summed E-state index contributed by atoms with van der Waals surface area (Å²) in [5, 5.41) is 0. The van der Waals surface area contributed by atoms with Crippen LogP contribution >= 0.6 is 0 Å². The lowest BCUT2D eigenvalue weighted by Gasteiger charge is -2.22. The van der Waals surface area contributed by atoms with Gasteiger partial charge in [0.25, 0.3) is 0 Å². The summed E-state index contributed by atoms with van der Waals surface area (Å²) in [5.41, 5.74) is 0.229. The predicted molar refractivity (Wildman–Crippen MR) is 48.9 cm³/mol. The highest BCUT2D eigenvalue weighted by molar-refractivity contribution is 7.79. The van der Waals surface area contributed by atoms with Gasteiger partial charge in [0, 0.05) is 5.75 Å². The van der Waals surface area contributed by atoms with Gasteiger partial charge in [0.2, 0.25) is 0 Å². The number of rotatable bonds is 5. The molecule has 0 bridgehead atoms. The quantitative estimate of drug-likeness (QED) is 0.656. The van der Waals surface area contributed by atoms with E-state index in [0.717, 1.165) is 19.3 Å². The lowest BCUT2D eigenvalue weighted by atomic mass is 9.85. The molecule has 0 heterocycles. The van der Waals surface area contributed by atoms with Crippen molar-refractivity contribution in [2.75, 3.05) is 5.75 Å². The maximum atomic E-state index is 10.4. The van der Waals surface area contributed by atoms with Crippen molar-refractivity contribution in [1.29, 1.82) is 0 Å². The Balaban J connectivity index is 3.63. The van der Waals surface area contributed by atoms with Crippen LogP contribution in [0.5, 0.6) is 0 Å². The standard InChI is InChI=1S/C8H18O2S/c1-4-5-8(2,3)6-7-11(9)10/h4-7H2,1-3H3,(H,9,10). The second kappa shape index (κ2) is 4.88. The molecule has 2 nitrogen and oxygen atoms in total. The van der Waals surface area contributed by atoms with E-state index >= 15 is 0 Å². The van der Waals surface area contributed by atoms with Crippen LogP contribution in [0.25, 0.3) is 0 Å². The van der Waals surface area contributed by atoms with Crippen molar-refractivity contribution < 1.29 is 8.76 Å². The Morgan fingerprint density at radius 2 is 1.91 bits per heavy atom. The molecule has 3 heteroatoms. The van der Waals surface area contributed by atoms with Crippen molar-refractivity contribution in [3.8, 4) is 0 Å². The molecule has 0 aromatic carbocycles. The van der Waals surface area contributed by atoms with Crippen molar-refractivity contribution >= 4 is 11.1 Å². The smallest absolute Gasteiger partial charge is 0.152 e. The molecule has 0 aromatic rings. The Bertz CT molecular complexity index is 132. The van der Waals surface area contributed by atoms with Crippen molar-refractivity contribution in [2.24, 2.45) is 5.41 Å². The van der Waals surface area contributed by atoms with Crippen molar-refractivity contribution in [2.45, 2.75) is 40.0 Å². The zero-order chi connectivity index (χ0) is 8.91. The number of hydrogen-bond donors (Lipinski definition) is 1. The van der Waals surface area contributed by atoms with Gasteiger partial charge in [0.05, 0.1) is 0 Å². The molecular formula is C8H18O2S. The Morgan fingerprint density at radius 3 is 2.27 bits per heavy atom. The van der Waals surface area contributed by atoms with Gasteiger partial charge in [-0.1, -0.05) is 27.2 Å². The third-order valence-electron chi connectivity index (χ3n) is 1.88. The first-order valence-electron chi connectivity index (χ1n) is 4.05. The van der Waals surface area contributed by atoms with E-state index in [0.29, 0.717) is 5.75 Å². The largest absolute Gasteiger partial charge is 0.306 e. The van der Waals surface area contributed by atoms with Gasteiger partial charge in [-0.3, -0.25) is 0 Å². The maximum Gasteiger partial charge on any atom is 0.152 e. The minimum absolute atomic E-state index is 0.229. The average molecular weight is 178 g/mol. The summed E-state index contributed by atoms with van der Waals surface area (Å²) in [7, 11) is 0. The summed E-state index contributed by atoms with van der Waals surface area (Å²) in [6.45, 7) is 6.42. The van der Waals surface area contributed by atoms with Crippen LogP contribution in [-0.4, -0.2) is 14.5 Å². The molecule has 68 valence electrons. The van der Waals surface area contributed by atoms with E-state index in [-0.39, 0.29) is 5.41 Å². The molecule has 0 spiro atoms. The molecule has 0 saturated heterocycles. The monoisotopic (exact) mass is 178 g/mol. The highest BCUT2D eigenvalue weighted by Gasteiger charge is 2.16. The lowest BCUT2D eigenvalue weighted by Crippen LogP contribution is -2.14. The maximum absolute atomic E-state index is 10.4. The zero-order valence-corrected chi connectivity index (χ0v) is 8.41. The molecule has 0 aliphatic rings. The summed E-state index contributed by atoms with van der Waals surface area (Å²) in [6.07, 6.45) is 3.11. The van der Waals surface area contributed by atoms with Crippen LogP contribution in [0, 0.1) is 5.41 Å². The van der Waals surface area contributed by atoms with Gasteiger partial charge in [-0.25, -0.2) is 4.21 Å². The zero-order valence-electron chi connectivity index (χ0n) is 7.59. The topological polar surface area (TPSA) is 37.3 Å². The fourth-order valence-corrected chi connectivity index (χ4v) is 1.89. The third-order valence-corrected chi connectivity index (χ3v) is 2.43. The lowest BCUT2D eigenvalue weighted by molar-refractivity contribution is 0.318. The molecule has 0 rings (SSSR count). The molecule has 1 atom stereocenters. The molecule has 11 heavy (non-hydrogen) atoms. The molecule has 0 aliphatic heterocycles. The van der Waals surface area contributed by atoms with Crippen LogP contribution in [-0.2, 0) is 11.1 Å². The van der Waals surface area contributed by atoms with Gasteiger partial charge in [-0.05, 0) is 18.3 Å². The van der Waals surface area contributed by atoms with E-state index < -0.39 is 11.1 Å². The molecule has 1 unspecified atom stereocenters. The Labute approximate surface area is 71.7 Å². The van der Waals surface area contributed by atoms with Gasteiger partial charge in [0.1, 0.15) is 0 Å². The highest BCUT2D eigenvalue weighted by Crippen LogP contribution is 2.26. The van der Waals surface area contributed by atoms with E-state index in [4.69, 9.17) is 4.55 Å². The van der Waals surface area contributed by atoms with Crippen molar-refractivity contribution in [3.05, 3.63) is 0 Å². The Hall–Kier alpha value is 0.110. The summed E-state index contributed by atoms with van der Waals surface area (Å²) in [4.78, 5) is 0. The van der Waals surface area contributed by atoms with Crippen LogP contribution in [0.2, 0.25) is 0 Å². The molecule has 0 amide bonds. The van der Waals surface area contributed by atoms with Crippen LogP contribution in [0.4, 0.5) is 0 Å². The van der Waals surface area contributed by atoms with Crippen molar-refractivity contribution in [3.63, 3.8) is 0 Å². The number of hydrogen-bond acceptors (Lipinski definition) is 1. The van der Waals surface area contributed by atoms with Crippen LogP contribution in [0.1, 0.15) is 40.0 Å². The first-order valence-corrected chi connectivity index (χ1v) is 5.33. The summed E-state index contributed by atoms with van der Waals surface area (Å²) in [6, 6.07) is 0. The molecule has 0 aromatic heterocycles. The molecule has 0 saturated carbocycles. The van der Waals surface area contributed by atoms with E-state index in [9.17, 15) is 4.21 Å². The third kappa shape index (κ3) is 6.51. The second-order valence-corrected chi connectivity index (χ2v) is 4.74. The fraction of sp³-hybridized carbons (Fsp3) is 1.00. The van der Waals surface area contributed by atoms with Gasteiger partial charge < -0.3 is 4.55 Å². The summed E-state index contributed by atoms with van der Waals surface area (Å²) < 4.78 is 18.9. The van der Waals surface area contributed by atoms with E-state index in [1.807, 2.05) is 0 Å². The van der Waals surface area contributed by atoms with Gasteiger partial charge >= 0.3 is 0 Å². The molecule has 1 N–H and O–H groups in total. The predicted octanol–water partition coefficient (Wildman–Crippen LogP) is 2.42. The Morgan fingerprint density at radius 1 is 1.36 bits per heavy atom. The van der Waals surface area contributed by atoms with Gasteiger partial charge in [-0.15, -0.1) is 0 Å². The fourth-order valence-electron chi connectivity index (χ4n) is 1.17. The van der Waals surface area contributed by atoms with Crippen LogP contribution in [0.15, 0.2) is 0 Å². The molecule has 0 radical (unpaired) electrons. The van der Waals surface area contributed by atoms with Gasteiger partial charge in [-0.2, -0.15) is 0 Å². The van der Waals surface area contributed by atoms with E-state index in [1.54, 1.807) is 0 Å². The first-order chi connectivity index (χ1) is 4.98.